The first-order valence-corrected chi connectivity index (χ1v) is 9.24. The molecule has 24 heavy (non-hydrogen) atoms. The van der Waals surface area contributed by atoms with Gasteiger partial charge in [0.2, 0.25) is 15.9 Å². The highest BCUT2D eigenvalue weighted by Crippen LogP contribution is 2.19. The summed E-state index contributed by atoms with van der Waals surface area (Å²) in [6.45, 7) is 4.71. The molecule has 1 aromatic rings. The van der Waals surface area contributed by atoms with E-state index in [0.29, 0.717) is 25.9 Å². The van der Waals surface area contributed by atoms with E-state index in [1.54, 1.807) is 4.90 Å². The predicted octanol–water partition coefficient (Wildman–Crippen LogP) is 1.52. The Bertz CT molecular complexity index is 707. The summed E-state index contributed by atoms with van der Waals surface area (Å²) >= 11 is 0. The summed E-state index contributed by atoms with van der Waals surface area (Å²) in [6, 6.07) is 4.52. The van der Waals surface area contributed by atoms with Crippen molar-refractivity contribution in [1.82, 2.24) is 9.62 Å². The summed E-state index contributed by atoms with van der Waals surface area (Å²) in [5.41, 5.74) is -0.158. The molecule has 1 N–H and O–H groups in total. The zero-order valence-corrected chi connectivity index (χ0v) is 14.5. The van der Waals surface area contributed by atoms with E-state index >= 15 is 0 Å². The van der Waals surface area contributed by atoms with Crippen molar-refractivity contribution in [2.45, 2.75) is 37.6 Å². The lowest BCUT2D eigenvalue weighted by Crippen LogP contribution is -2.47. The van der Waals surface area contributed by atoms with Crippen LogP contribution in [0.25, 0.3) is 0 Å². The normalized spacial score (nSPS) is 16.4. The van der Waals surface area contributed by atoms with Gasteiger partial charge in [-0.3, -0.25) is 14.9 Å². The second-order valence-corrected chi connectivity index (χ2v) is 7.84. The number of benzene rings is 1. The van der Waals surface area contributed by atoms with Crippen LogP contribution in [0.4, 0.5) is 5.69 Å². The SMILES string of the molecule is CC(C)C(=O)N1CCC(NS(=O)(=O)c2ccc([N+](=O)[O-])cc2)CC1. The predicted molar refractivity (Wildman–Crippen MR) is 87.9 cm³/mol. The number of likely N-dealkylation sites (tertiary alicyclic amines) is 1. The second kappa shape index (κ2) is 7.27. The number of amides is 1. The van der Waals surface area contributed by atoms with Crippen LogP contribution in [-0.4, -0.2) is 43.3 Å². The van der Waals surface area contributed by atoms with Gasteiger partial charge in [-0.25, -0.2) is 13.1 Å². The van der Waals surface area contributed by atoms with Crippen molar-refractivity contribution in [3.05, 3.63) is 34.4 Å². The summed E-state index contributed by atoms with van der Waals surface area (Å²) in [6.07, 6.45) is 1.09. The number of hydrogen-bond donors (Lipinski definition) is 1. The van der Waals surface area contributed by atoms with E-state index in [0.717, 1.165) is 0 Å². The fraction of sp³-hybridized carbons (Fsp3) is 0.533. The van der Waals surface area contributed by atoms with E-state index in [4.69, 9.17) is 0 Å². The largest absolute Gasteiger partial charge is 0.342 e. The molecule has 132 valence electrons. The Kier molecular flexibility index (Phi) is 5.55. The van der Waals surface area contributed by atoms with Gasteiger partial charge in [-0.15, -0.1) is 0 Å². The number of nitrogens with zero attached hydrogens (tertiary/aromatic N) is 2. The van der Waals surface area contributed by atoms with Crippen LogP contribution in [0.5, 0.6) is 0 Å². The van der Waals surface area contributed by atoms with Crippen LogP contribution in [0.1, 0.15) is 26.7 Å². The van der Waals surface area contributed by atoms with Crippen LogP contribution in [0.3, 0.4) is 0 Å². The highest BCUT2D eigenvalue weighted by Gasteiger charge is 2.27. The number of carbonyl (C=O) groups excluding carboxylic acids is 1. The Morgan fingerprint density at radius 1 is 1.25 bits per heavy atom. The quantitative estimate of drug-likeness (QED) is 0.636. The average Bonchev–Trinajstić information content (AvgIpc) is 2.54. The molecule has 1 fully saturated rings. The van der Waals surface area contributed by atoms with E-state index in [-0.39, 0.29) is 28.4 Å². The summed E-state index contributed by atoms with van der Waals surface area (Å²) in [5.74, 6) is 0.00465. The van der Waals surface area contributed by atoms with Crippen LogP contribution in [-0.2, 0) is 14.8 Å². The zero-order chi connectivity index (χ0) is 17.9. The molecule has 0 aliphatic carbocycles. The van der Waals surface area contributed by atoms with Gasteiger partial charge in [-0.05, 0) is 25.0 Å². The van der Waals surface area contributed by atoms with Crippen molar-refractivity contribution >= 4 is 21.6 Å². The van der Waals surface area contributed by atoms with E-state index in [1.165, 1.54) is 24.3 Å². The number of piperidine rings is 1. The van der Waals surface area contributed by atoms with Gasteiger partial charge >= 0.3 is 0 Å². The minimum atomic E-state index is -3.73. The van der Waals surface area contributed by atoms with Gasteiger partial charge in [0.15, 0.2) is 0 Å². The molecule has 0 bridgehead atoms. The molecule has 1 aromatic carbocycles. The van der Waals surface area contributed by atoms with Gasteiger partial charge in [-0.1, -0.05) is 13.8 Å². The molecule has 1 heterocycles. The lowest BCUT2D eigenvalue weighted by Gasteiger charge is -2.33. The molecule has 0 aromatic heterocycles. The molecule has 9 heteroatoms. The van der Waals surface area contributed by atoms with E-state index in [2.05, 4.69) is 4.72 Å². The fourth-order valence-corrected chi connectivity index (χ4v) is 3.92. The number of nitro benzene ring substituents is 1. The molecule has 1 aliphatic rings. The summed E-state index contributed by atoms with van der Waals surface area (Å²) in [4.78, 5) is 23.7. The molecular weight excluding hydrogens is 334 g/mol. The third-order valence-electron chi connectivity index (χ3n) is 3.98. The van der Waals surface area contributed by atoms with Crippen molar-refractivity contribution in [3.8, 4) is 0 Å². The van der Waals surface area contributed by atoms with Crippen molar-refractivity contribution in [2.24, 2.45) is 5.92 Å². The molecule has 0 saturated carbocycles. The Labute approximate surface area is 141 Å². The maximum absolute atomic E-state index is 12.3. The van der Waals surface area contributed by atoms with Gasteiger partial charge in [-0.2, -0.15) is 0 Å². The van der Waals surface area contributed by atoms with Gasteiger partial charge in [0.25, 0.3) is 5.69 Å². The van der Waals surface area contributed by atoms with Gasteiger partial charge in [0.1, 0.15) is 0 Å². The summed E-state index contributed by atoms with van der Waals surface area (Å²) in [7, 11) is -3.73. The Morgan fingerprint density at radius 2 is 1.79 bits per heavy atom. The zero-order valence-electron chi connectivity index (χ0n) is 13.6. The molecule has 8 nitrogen and oxygen atoms in total. The van der Waals surface area contributed by atoms with Crippen LogP contribution >= 0.6 is 0 Å². The monoisotopic (exact) mass is 355 g/mol. The first-order chi connectivity index (χ1) is 11.2. The first kappa shape index (κ1) is 18.3. The number of carbonyl (C=O) groups is 1. The van der Waals surface area contributed by atoms with Gasteiger partial charge in [0, 0.05) is 37.2 Å². The van der Waals surface area contributed by atoms with Crippen molar-refractivity contribution in [3.63, 3.8) is 0 Å². The topological polar surface area (TPSA) is 110 Å². The van der Waals surface area contributed by atoms with Crippen LogP contribution in [0, 0.1) is 16.0 Å². The maximum atomic E-state index is 12.3. The third-order valence-corrected chi connectivity index (χ3v) is 5.52. The van der Waals surface area contributed by atoms with Crippen LogP contribution in [0.2, 0.25) is 0 Å². The molecule has 2 rings (SSSR count). The minimum absolute atomic E-state index is 0.00575. The molecule has 0 atom stereocenters. The number of nitrogens with one attached hydrogen (secondary N) is 1. The van der Waals surface area contributed by atoms with Crippen molar-refractivity contribution in [1.29, 1.82) is 0 Å². The highest BCUT2D eigenvalue weighted by molar-refractivity contribution is 7.89. The lowest BCUT2D eigenvalue weighted by atomic mass is 10.0. The fourth-order valence-electron chi connectivity index (χ4n) is 2.62. The standard InChI is InChI=1S/C15H21N3O5S/c1-11(2)15(19)17-9-7-12(8-10-17)16-24(22,23)14-5-3-13(4-6-14)18(20)21/h3-6,11-12,16H,7-10H2,1-2H3. The molecule has 1 amide bonds. The second-order valence-electron chi connectivity index (χ2n) is 6.13. The van der Waals surface area contributed by atoms with Gasteiger partial charge < -0.3 is 4.90 Å². The smallest absolute Gasteiger partial charge is 0.269 e. The van der Waals surface area contributed by atoms with E-state index in [1.807, 2.05) is 13.8 Å². The number of rotatable bonds is 5. The summed E-state index contributed by atoms with van der Waals surface area (Å²) in [5, 5.41) is 10.6. The third kappa shape index (κ3) is 4.30. The Balaban J connectivity index is 1.98. The number of sulfonamides is 1. The van der Waals surface area contributed by atoms with Crippen LogP contribution < -0.4 is 4.72 Å². The number of nitro groups is 1. The average molecular weight is 355 g/mol. The van der Waals surface area contributed by atoms with Crippen molar-refractivity contribution in [2.75, 3.05) is 13.1 Å². The van der Waals surface area contributed by atoms with Crippen LogP contribution in [0.15, 0.2) is 29.2 Å². The molecule has 1 saturated heterocycles. The Hall–Kier alpha value is -2.00. The van der Waals surface area contributed by atoms with E-state index in [9.17, 15) is 23.3 Å². The highest BCUT2D eigenvalue weighted by atomic mass is 32.2. The van der Waals surface area contributed by atoms with Gasteiger partial charge in [0.05, 0.1) is 9.82 Å². The van der Waals surface area contributed by atoms with Crippen molar-refractivity contribution < 1.29 is 18.1 Å². The summed E-state index contributed by atoms with van der Waals surface area (Å²) < 4.78 is 27.3. The van der Waals surface area contributed by atoms with E-state index < -0.39 is 14.9 Å². The first-order valence-electron chi connectivity index (χ1n) is 7.76. The molecule has 0 radical (unpaired) electrons. The number of non-ortho nitro benzene ring substituents is 1. The maximum Gasteiger partial charge on any atom is 0.269 e. The lowest BCUT2D eigenvalue weighted by molar-refractivity contribution is -0.384. The molecule has 1 aliphatic heterocycles. The number of hydrogen-bond acceptors (Lipinski definition) is 5. The molecular formula is C15H21N3O5S. The molecule has 0 spiro atoms. The Morgan fingerprint density at radius 3 is 2.25 bits per heavy atom. The minimum Gasteiger partial charge on any atom is -0.342 e. The molecule has 0 unspecified atom stereocenters.